The summed E-state index contributed by atoms with van der Waals surface area (Å²) in [7, 11) is 0. The van der Waals surface area contributed by atoms with Crippen molar-refractivity contribution in [2.45, 2.75) is 70.9 Å². The number of halogens is 2. The number of aliphatic hydroxyl groups excluding tert-OH is 1. The van der Waals surface area contributed by atoms with Crippen LogP contribution >= 0.6 is 27.5 Å². The van der Waals surface area contributed by atoms with Gasteiger partial charge >= 0.3 is 6.09 Å². The molecule has 0 saturated carbocycles. The summed E-state index contributed by atoms with van der Waals surface area (Å²) in [6, 6.07) is 7.10. The number of rotatable bonds is 7. The van der Waals surface area contributed by atoms with Crippen molar-refractivity contribution >= 4 is 39.5 Å². The highest BCUT2D eigenvalue weighted by molar-refractivity contribution is 9.10. The van der Waals surface area contributed by atoms with Gasteiger partial charge in [0.25, 0.3) is 0 Å². The van der Waals surface area contributed by atoms with Gasteiger partial charge in [-0.15, -0.1) is 0 Å². The van der Waals surface area contributed by atoms with Crippen LogP contribution in [0.15, 0.2) is 47.3 Å². The minimum absolute atomic E-state index is 0.142. The molecule has 1 aromatic carbocycles. The minimum atomic E-state index is -0.650. The number of imidazole rings is 1. The van der Waals surface area contributed by atoms with Crippen molar-refractivity contribution in [1.29, 1.82) is 0 Å². The third-order valence-electron chi connectivity index (χ3n) is 7.82. The van der Waals surface area contributed by atoms with E-state index in [1.807, 2.05) is 49.7 Å². The summed E-state index contributed by atoms with van der Waals surface area (Å²) in [6.45, 7) is 7.45. The molecule has 2 aromatic heterocycles. The molecule has 2 aliphatic rings. The second-order valence-corrected chi connectivity index (χ2v) is 13.3. The second-order valence-electron chi connectivity index (χ2n) is 12.0. The molecule has 1 fully saturated rings. The topological polar surface area (TPSA) is 113 Å². The van der Waals surface area contributed by atoms with Crippen LogP contribution in [-0.2, 0) is 35.5 Å². The van der Waals surface area contributed by atoms with Crippen molar-refractivity contribution in [3.8, 4) is 0 Å². The number of fused-ring (bicyclic) bond motifs is 2. The van der Waals surface area contributed by atoms with E-state index in [0.29, 0.717) is 43.4 Å². The molecule has 2 atom stereocenters. The van der Waals surface area contributed by atoms with E-state index in [2.05, 4.69) is 37.2 Å². The number of piperazine rings is 1. The van der Waals surface area contributed by atoms with Gasteiger partial charge in [0.05, 0.1) is 11.7 Å². The highest BCUT2D eigenvalue weighted by Crippen LogP contribution is 2.39. The molecule has 3 aromatic rings. The summed E-state index contributed by atoms with van der Waals surface area (Å²) in [5, 5.41) is 13.3. The molecular weight excluding hydrogens is 636 g/mol. The smallest absolute Gasteiger partial charge is 0.410 e. The molecule has 2 N–H and O–H groups in total. The van der Waals surface area contributed by atoms with Crippen LogP contribution < -0.4 is 5.32 Å². The summed E-state index contributed by atoms with van der Waals surface area (Å²) in [4.78, 5) is 39.9. The number of benzene rings is 1. The van der Waals surface area contributed by atoms with Crippen molar-refractivity contribution in [3.05, 3.63) is 80.6 Å². The third kappa shape index (κ3) is 7.39. The third-order valence-corrected chi connectivity index (χ3v) is 8.49. The Labute approximate surface area is 265 Å². The van der Waals surface area contributed by atoms with Crippen LogP contribution in [0.3, 0.4) is 0 Å². The van der Waals surface area contributed by atoms with E-state index in [4.69, 9.17) is 21.3 Å². The maximum atomic E-state index is 14.0. The molecule has 10 nitrogen and oxygen atoms in total. The lowest BCUT2D eigenvalue weighted by Crippen LogP contribution is -2.61. The zero-order valence-corrected chi connectivity index (χ0v) is 27.1. The lowest BCUT2D eigenvalue weighted by atomic mass is 9.94. The molecule has 230 valence electrons. The van der Waals surface area contributed by atoms with Gasteiger partial charge in [0.2, 0.25) is 5.91 Å². The number of hydrogen-bond acceptors (Lipinski definition) is 7. The van der Waals surface area contributed by atoms with Crippen molar-refractivity contribution in [1.82, 2.24) is 29.7 Å². The lowest BCUT2D eigenvalue weighted by Gasteiger charge is -2.44. The molecule has 0 radical (unpaired) electrons. The number of amides is 2. The van der Waals surface area contributed by atoms with Crippen molar-refractivity contribution in [2.75, 3.05) is 26.2 Å². The van der Waals surface area contributed by atoms with E-state index >= 15 is 0 Å². The molecule has 0 spiro atoms. The van der Waals surface area contributed by atoms with Gasteiger partial charge in [0.1, 0.15) is 24.1 Å². The van der Waals surface area contributed by atoms with Gasteiger partial charge in [-0.2, -0.15) is 0 Å². The normalized spacial score (nSPS) is 18.9. The van der Waals surface area contributed by atoms with E-state index in [1.165, 1.54) is 0 Å². The molecule has 2 amide bonds. The minimum Gasteiger partial charge on any atom is -0.444 e. The highest BCUT2D eigenvalue weighted by Gasteiger charge is 2.42. The predicted octanol–water partition coefficient (Wildman–Crippen LogP) is 4.50. The number of aliphatic hydroxyl groups is 1. The fourth-order valence-electron chi connectivity index (χ4n) is 5.85. The summed E-state index contributed by atoms with van der Waals surface area (Å²) in [5.41, 5.74) is 3.56. The summed E-state index contributed by atoms with van der Waals surface area (Å²) in [6.07, 6.45) is 7.08. The van der Waals surface area contributed by atoms with E-state index in [1.54, 1.807) is 17.3 Å². The van der Waals surface area contributed by atoms with E-state index in [9.17, 15) is 14.7 Å². The SMILES string of the molecule is CC(C)(C)OC(=O)N1CCN(C2c3ccc(Cl)cc3CCc3cc(Br)cnc32)[C@@H](C(=O)NCCCn2ccnc2CO)C1. The first-order valence-corrected chi connectivity index (χ1v) is 15.8. The van der Waals surface area contributed by atoms with Crippen molar-refractivity contribution in [3.63, 3.8) is 0 Å². The Morgan fingerprint density at radius 1 is 1.16 bits per heavy atom. The Bertz CT molecular complexity index is 1420. The molecule has 1 aliphatic carbocycles. The molecule has 3 heterocycles. The van der Waals surface area contributed by atoms with Crippen LogP contribution in [0.5, 0.6) is 0 Å². The molecule has 5 rings (SSSR count). The van der Waals surface area contributed by atoms with Crippen molar-refractivity contribution < 1.29 is 19.4 Å². The first-order chi connectivity index (χ1) is 20.5. The summed E-state index contributed by atoms with van der Waals surface area (Å²) >= 11 is 10.0. The standard InChI is InChI=1S/C31H38BrClN6O4/c1-31(2,3)43-30(42)38-13-14-39(25(18-38)29(41)35-9-4-11-37-12-10-34-26(37)19-40)28-24-8-7-23(33)16-20(24)5-6-21-15-22(32)17-36-27(21)28/h7-8,10,12,15-17,25,28,40H,4-6,9,11,13-14,18-19H2,1-3H3,(H,35,41)/t25-,28?/m1/s1. The predicted molar refractivity (Wildman–Crippen MR) is 167 cm³/mol. The number of nitrogens with zero attached hydrogens (tertiary/aromatic N) is 5. The first kappa shape index (κ1) is 31.4. The molecular formula is C31H38BrClN6O4. The molecule has 0 bridgehead atoms. The Hall–Kier alpha value is -2.99. The van der Waals surface area contributed by atoms with E-state index in [0.717, 1.165) is 39.7 Å². The molecule has 1 unspecified atom stereocenters. The average Bonchev–Trinajstić information content (AvgIpc) is 3.36. The zero-order valence-electron chi connectivity index (χ0n) is 24.7. The maximum absolute atomic E-state index is 14.0. The first-order valence-electron chi connectivity index (χ1n) is 14.6. The van der Waals surface area contributed by atoms with Gasteiger partial charge in [0, 0.05) is 60.8 Å². The number of ether oxygens (including phenoxy) is 1. The fourth-order valence-corrected chi connectivity index (χ4v) is 6.43. The van der Waals surface area contributed by atoms with Crippen LogP contribution in [0.4, 0.5) is 4.79 Å². The van der Waals surface area contributed by atoms with Gasteiger partial charge < -0.3 is 24.6 Å². The Morgan fingerprint density at radius 2 is 1.95 bits per heavy atom. The number of nitrogens with one attached hydrogen (secondary N) is 1. The molecule has 1 aliphatic heterocycles. The molecule has 43 heavy (non-hydrogen) atoms. The monoisotopic (exact) mass is 672 g/mol. The van der Waals surface area contributed by atoms with Crippen molar-refractivity contribution in [2.24, 2.45) is 0 Å². The van der Waals surface area contributed by atoms with Gasteiger partial charge in [-0.3, -0.25) is 14.7 Å². The summed E-state index contributed by atoms with van der Waals surface area (Å²) < 4.78 is 8.46. The Kier molecular flexibility index (Phi) is 9.75. The number of pyridine rings is 1. The largest absolute Gasteiger partial charge is 0.444 e. The summed E-state index contributed by atoms with van der Waals surface area (Å²) in [5.74, 6) is 0.419. The fraction of sp³-hybridized carbons (Fsp3) is 0.484. The number of hydrogen-bond donors (Lipinski definition) is 2. The number of aryl methyl sites for hydroxylation is 3. The van der Waals surface area contributed by atoms with Gasteiger partial charge in [0.15, 0.2) is 0 Å². The highest BCUT2D eigenvalue weighted by atomic mass is 79.9. The van der Waals surface area contributed by atoms with Crippen LogP contribution in [0, 0.1) is 0 Å². The van der Waals surface area contributed by atoms with Gasteiger partial charge in [-0.05, 0) is 90.9 Å². The molecule has 12 heteroatoms. The van der Waals surface area contributed by atoms with E-state index in [-0.39, 0.29) is 25.1 Å². The van der Waals surface area contributed by atoms with E-state index < -0.39 is 17.7 Å². The van der Waals surface area contributed by atoms with Crippen LogP contribution in [0.25, 0.3) is 0 Å². The second kappa shape index (κ2) is 13.3. The van der Waals surface area contributed by atoms with Crippen LogP contribution in [-0.4, -0.2) is 79.3 Å². The number of carbonyl (C=O) groups excluding carboxylic acids is 2. The van der Waals surface area contributed by atoms with Gasteiger partial charge in [-0.1, -0.05) is 17.7 Å². The Morgan fingerprint density at radius 3 is 2.72 bits per heavy atom. The molecule has 1 saturated heterocycles. The van der Waals surface area contributed by atoms with Crippen LogP contribution in [0.2, 0.25) is 5.02 Å². The van der Waals surface area contributed by atoms with Gasteiger partial charge in [-0.25, -0.2) is 9.78 Å². The zero-order chi connectivity index (χ0) is 30.7. The number of aromatic nitrogens is 3. The Balaban J connectivity index is 1.44. The maximum Gasteiger partial charge on any atom is 0.410 e. The average molecular weight is 674 g/mol. The quantitative estimate of drug-likeness (QED) is 0.355. The lowest BCUT2D eigenvalue weighted by molar-refractivity contribution is -0.129. The van der Waals surface area contributed by atoms with Crippen LogP contribution in [0.1, 0.15) is 61.4 Å². The number of carbonyl (C=O) groups is 2.